The molecule has 5 aliphatic rings. The van der Waals surface area contributed by atoms with Crippen LogP contribution in [0, 0.1) is 17.8 Å². The number of carbonyl (C=O) groups excluding carboxylic acids is 1. The van der Waals surface area contributed by atoms with Crippen LogP contribution in [-0.2, 0) is 15.7 Å². The summed E-state index contributed by atoms with van der Waals surface area (Å²) in [6.07, 6.45) is 17.6. The fraction of sp³-hybridized carbons (Fsp3) is 0.625. The lowest BCUT2D eigenvalue weighted by molar-refractivity contribution is -0.0543. The van der Waals surface area contributed by atoms with Crippen molar-refractivity contribution in [2.45, 2.75) is 82.1 Å². The molecule has 1 N–H and O–H groups in total. The lowest BCUT2D eigenvalue weighted by Gasteiger charge is -2.53. The van der Waals surface area contributed by atoms with Gasteiger partial charge in [-0.25, -0.2) is 4.21 Å². The molecular formula is C40H57ClN4O4S. The van der Waals surface area contributed by atoms with Crippen LogP contribution in [0.15, 0.2) is 64.8 Å². The van der Waals surface area contributed by atoms with Crippen LogP contribution in [0.5, 0.6) is 5.75 Å². The molecule has 2 aliphatic carbocycles. The predicted octanol–water partition coefficient (Wildman–Crippen LogP) is 6.86. The standard InChI is InChI=1S/C40H57ClN4O4S/c1-28-10-9-18-40(48-6,19-21-44-26-39(3,27-44)43(4)5)35-16-13-32(35)24-45-20-8-7-11-30-22-34(41)15-12-33(30)25-49-37-17-14-31(23-36(37)45)38(46)42-50(47)29(28)2/h9,13-15,17-18,22-23,28-29,33,35H,7-8,10-12,16,19-21,24-27H2,1-6H3,(H,42,46)/b18-9+/t28-,29+,33?,35+,40-,50?/m0/s1. The first-order valence-corrected chi connectivity index (χ1v) is 20.1. The number of likely N-dealkylation sites (N-methyl/N-ethyl adjacent to an activating group) is 1. The highest BCUT2D eigenvalue weighted by molar-refractivity contribution is 7.84. The number of rotatable bonds is 5. The number of halogens is 1. The molecule has 10 heteroatoms. The van der Waals surface area contributed by atoms with Gasteiger partial charge in [0.15, 0.2) is 0 Å². The molecule has 274 valence electrons. The Labute approximate surface area is 307 Å². The zero-order valence-corrected chi connectivity index (χ0v) is 32.5. The van der Waals surface area contributed by atoms with Gasteiger partial charge in [0.05, 0.1) is 23.1 Å². The number of fused-ring (bicyclic) bond motifs is 3. The van der Waals surface area contributed by atoms with E-state index in [2.05, 4.69) is 77.7 Å². The Balaban J connectivity index is 1.33. The molecule has 6 atom stereocenters. The van der Waals surface area contributed by atoms with Crippen molar-refractivity contribution in [1.29, 1.82) is 0 Å². The second-order valence-electron chi connectivity index (χ2n) is 15.7. The van der Waals surface area contributed by atoms with Crippen molar-refractivity contribution < 1.29 is 18.5 Å². The van der Waals surface area contributed by atoms with Crippen LogP contribution in [0.2, 0.25) is 0 Å². The Morgan fingerprint density at radius 3 is 2.64 bits per heavy atom. The van der Waals surface area contributed by atoms with Crippen LogP contribution in [0.4, 0.5) is 5.69 Å². The van der Waals surface area contributed by atoms with Gasteiger partial charge in [-0.1, -0.05) is 48.4 Å². The minimum atomic E-state index is -1.54. The van der Waals surface area contributed by atoms with Gasteiger partial charge < -0.3 is 19.3 Å². The van der Waals surface area contributed by atoms with Gasteiger partial charge in [-0.05, 0) is 109 Å². The molecule has 1 aromatic rings. The highest BCUT2D eigenvalue weighted by Crippen LogP contribution is 2.44. The normalized spacial score (nSPS) is 32.7. The Morgan fingerprint density at radius 2 is 1.92 bits per heavy atom. The third-order valence-electron chi connectivity index (χ3n) is 12.3. The summed E-state index contributed by atoms with van der Waals surface area (Å²) < 4.78 is 29.5. The number of nitrogens with one attached hydrogen (secondary N) is 1. The minimum Gasteiger partial charge on any atom is -0.491 e. The molecule has 0 aromatic heterocycles. The fourth-order valence-electron chi connectivity index (χ4n) is 8.16. The zero-order valence-electron chi connectivity index (χ0n) is 30.9. The Hall–Kier alpha value is -2.43. The van der Waals surface area contributed by atoms with Gasteiger partial charge in [-0.2, -0.15) is 0 Å². The lowest BCUT2D eigenvalue weighted by atomic mass is 9.70. The minimum absolute atomic E-state index is 0.0993. The van der Waals surface area contributed by atoms with Crippen molar-refractivity contribution in [2.75, 3.05) is 65.4 Å². The number of methoxy groups -OCH3 is 1. The van der Waals surface area contributed by atoms with Gasteiger partial charge >= 0.3 is 0 Å². The average molecular weight is 725 g/mol. The Morgan fingerprint density at radius 1 is 1.12 bits per heavy atom. The van der Waals surface area contributed by atoms with Crippen molar-refractivity contribution in [3.8, 4) is 5.75 Å². The lowest BCUT2D eigenvalue weighted by Crippen LogP contribution is -2.67. The van der Waals surface area contributed by atoms with Gasteiger partial charge in [0, 0.05) is 67.8 Å². The van der Waals surface area contributed by atoms with E-state index < -0.39 is 16.6 Å². The highest BCUT2D eigenvalue weighted by atomic mass is 35.5. The van der Waals surface area contributed by atoms with Crippen molar-refractivity contribution in [3.05, 3.63) is 70.3 Å². The maximum Gasteiger partial charge on any atom is 0.263 e. The summed E-state index contributed by atoms with van der Waals surface area (Å²) in [4.78, 5) is 20.8. The SMILES string of the molecule is CO[C@]1(CCN2CC(C)(N(C)C)C2)/C=C/C[C@H](C)[C@@H](C)S(=O)NC(=O)c2ccc3c(c2)N(CCCCC2=CC(Cl)=CCC2CO3)CC2=CC[C@H]21. The topological polar surface area (TPSA) is 74.4 Å². The molecule has 1 saturated heterocycles. The molecule has 3 heterocycles. The Bertz CT molecular complexity index is 1570. The van der Waals surface area contributed by atoms with Crippen LogP contribution in [-0.4, -0.2) is 96.8 Å². The summed E-state index contributed by atoms with van der Waals surface area (Å²) in [6, 6.07) is 5.67. The number of allylic oxidation sites excluding steroid dienone is 5. The number of carbonyl (C=O) groups is 1. The fourth-order valence-corrected chi connectivity index (χ4v) is 9.41. The first-order chi connectivity index (χ1) is 23.9. The van der Waals surface area contributed by atoms with Crippen LogP contribution in [0.3, 0.4) is 0 Å². The zero-order chi connectivity index (χ0) is 35.6. The van der Waals surface area contributed by atoms with Crippen molar-refractivity contribution in [2.24, 2.45) is 17.8 Å². The molecule has 1 amide bonds. The van der Waals surface area contributed by atoms with E-state index in [9.17, 15) is 9.00 Å². The summed E-state index contributed by atoms with van der Waals surface area (Å²) in [5, 5.41) is 0.589. The second-order valence-corrected chi connectivity index (χ2v) is 17.7. The number of likely N-dealkylation sites (tertiary alicyclic amines) is 1. The third-order valence-corrected chi connectivity index (χ3v) is 14.1. The smallest absolute Gasteiger partial charge is 0.263 e. The number of benzene rings is 1. The summed E-state index contributed by atoms with van der Waals surface area (Å²) >= 11 is 6.45. The monoisotopic (exact) mass is 724 g/mol. The number of ether oxygens (including phenoxy) is 2. The molecule has 3 aliphatic heterocycles. The number of hydrogen-bond acceptors (Lipinski definition) is 7. The largest absolute Gasteiger partial charge is 0.491 e. The van der Waals surface area contributed by atoms with Gasteiger partial charge in [-0.3, -0.25) is 14.4 Å². The average Bonchev–Trinajstić information content (AvgIpc) is 3.09. The van der Waals surface area contributed by atoms with E-state index in [1.54, 1.807) is 6.07 Å². The van der Waals surface area contributed by atoms with E-state index in [4.69, 9.17) is 21.1 Å². The summed E-state index contributed by atoms with van der Waals surface area (Å²) in [7, 11) is 4.67. The van der Waals surface area contributed by atoms with Crippen LogP contribution in [0.1, 0.15) is 76.1 Å². The predicted molar refractivity (Wildman–Crippen MR) is 205 cm³/mol. The van der Waals surface area contributed by atoms with Crippen molar-refractivity contribution >= 4 is 34.2 Å². The molecular weight excluding hydrogens is 668 g/mol. The van der Waals surface area contributed by atoms with Gasteiger partial charge in [0.1, 0.15) is 16.7 Å². The molecule has 1 aromatic carbocycles. The third kappa shape index (κ3) is 7.97. The molecule has 0 saturated carbocycles. The van der Waals surface area contributed by atoms with Crippen LogP contribution >= 0.6 is 11.6 Å². The van der Waals surface area contributed by atoms with E-state index in [-0.39, 0.29) is 34.4 Å². The maximum atomic E-state index is 13.6. The van der Waals surface area contributed by atoms with Gasteiger partial charge in [-0.15, -0.1) is 0 Å². The van der Waals surface area contributed by atoms with Crippen LogP contribution in [0.25, 0.3) is 0 Å². The molecule has 8 nitrogen and oxygen atoms in total. The molecule has 0 spiro atoms. The molecule has 1 fully saturated rings. The van der Waals surface area contributed by atoms with Crippen LogP contribution < -0.4 is 14.4 Å². The summed E-state index contributed by atoms with van der Waals surface area (Å²) in [5.41, 5.74) is 3.88. The number of anilines is 1. The first kappa shape index (κ1) is 37.3. The number of hydrogen-bond donors (Lipinski definition) is 1. The summed E-state index contributed by atoms with van der Waals surface area (Å²) in [6.45, 7) is 11.6. The molecule has 2 unspecified atom stereocenters. The van der Waals surface area contributed by atoms with Gasteiger partial charge in [0.25, 0.3) is 5.91 Å². The number of nitrogens with zero attached hydrogens (tertiary/aromatic N) is 3. The van der Waals surface area contributed by atoms with E-state index in [1.165, 1.54) is 11.1 Å². The quantitative estimate of drug-likeness (QED) is 0.333. The number of amides is 1. The Kier molecular flexibility index (Phi) is 11.7. The maximum absolute atomic E-state index is 13.6. The second kappa shape index (κ2) is 15.7. The van der Waals surface area contributed by atoms with E-state index in [0.29, 0.717) is 12.2 Å². The highest BCUT2D eigenvalue weighted by Gasteiger charge is 2.45. The van der Waals surface area contributed by atoms with Crippen molar-refractivity contribution in [3.63, 3.8) is 0 Å². The van der Waals surface area contributed by atoms with Gasteiger partial charge in [0.2, 0.25) is 0 Å². The van der Waals surface area contributed by atoms with Crippen molar-refractivity contribution in [1.82, 2.24) is 14.5 Å². The van der Waals surface area contributed by atoms with E-state index in [0.717, 1.165) is 94.1 Å². The molecule has 6 rings (SSSR count). The molecule has 2 bridgehead atoms. The van der Waals surface area contributed by atoms with E-state index in [1.807, 2.05) is 26.2 Å². The molecule has 0 radical (unpaired) electrons. The first-order valence-electron chi connectivity index (χ1n) is 18.5. The van der Waals surface area contributed by atoms with E-state index >= 15 is 0 Å². The molecule has 50 heavy (non-hydrogen) atoms. The summed E-state index contributed by atoms with van der Waals surface area (Å²) in [5.74, 6) is 1.04.